The van der Waals surface area contributed by atoms with E-state index < -0.39 is 11.9 Å². The van der Waals surface area contributed by atoms with Gasteiger partial charge in [0.1, 0.15) is 5.76 Å². The van der Waals surface area contributed by atoms with Crippen molar-refractivity contribution in [2.24, 2.45) is 0 Å². The molecule has 4 heteroatoms. The molecule has 2 amide bonds. The zero-order valence-electron chi connectivity index (χ0n) is 7.78. The topological polar surface area (TPSA) is 57.6 Å². The number of carbonyl (C=O) groups excluding carboxylic acids is 2. The van der Waals surface area contributed by atoms with Crippen LogP contribution in [0, 0.1) is 0 Å². The Hall–Kier alpha value is -1.32. The molecule has 0 bridgehead atoms. The molecule has 72 valence electrons. The van der Waals surface area contributed by atoms with Gasteiger partial charge in [0.25, 0.3) is 5.91 Å². The van der Waals surface area contributed by atoms with Crippen LogP contribution in [0.1, 0.15) is 26.7 Å². The highest BCUT2D eigenvalue weighted by Gasteiger charge is 2.34. The van der Waals surface area contributed by atoms with E-state index in [1.807, 2.05) is 6.92 Å². The number of carbonyl (C=O) groups is 2. The first-order chi connectivity index (χ1) is 6.07. The highest BCUT2D eigenvalue weighted by molar-refractivity contribution is 6.03. The van der Waals surface area contributed by atoms with Gasteiger partial charge in [-0.1, -0.05) is 13.3 Å². The number of amides is 2. The van der Waals surface area contributed by atoms with E-state index in [0.717, 1.165) is 17.4 Å². The van der Waals surface area contributed by atoms with Crippen molar-refractivity contribution in [3.63, 3.8) is 0 Å². The normalized spacial score (nSPS) is 22.0. The van der Waals surface area contributed by atoms with Gasteiger partial charge in [-0.3, -0.25) is 14.5 Å². The van der Waals surface area contributed by atoms with Gasteiger partial charge in [-0.25, -0.2) is 0 Å². The third kappa shape index (κ3) is 1.71. The summed E-state index contributed by atoms with van der Waals surface area (Å²) in [5.74, 6) is -0.728. The monoisotopic (exact) mass is 183 g/mol. The van der Waals surface area contributed by atoms with E-state index in [4.69, 9.17) is 0 Å². The van der Waals surface area contributed by atoms with Crippen molar-refractivity contribution in [2.75, 3.05) is 0 Å². The maximum atomic E-state index is 11.2. The van der Waals surface area contributed by atoms with E-state index in [0.29, 0.717) is 6.42 Å². The van der Waals surface area contributed by atoms with Gasteiger partial charge in [0.2, 0.25) is 5.91 Å². The number of nitrogens with zero attached hydrogens (tertiary/aromatic N) is 1. The number of imide groups is 1. The van der Waals surface area contributed by atoms with Crippen molar-refractivity contribution >= 4 is 11.8 Å². The van der Waals surface area contributed by atoms with Gasteiger partial charge in [0.15, 0.2) is 0 Å². The van der Waals surface area contributed by atoms with Crippen molar-refractivity contribution in [3.8, 4) is 0 Å². The van der Waals surface area contributed by atoms with Gasteiger partial charge in [-0.15, -0.1) is 0 Å². The third-order valence-corrected chi connectivity index (χ3v) is 2.06. The zero-order valence-corrected chi connectivity index (χ0v) is 7.78. The average molecular weight is 183 g/mol. The molecule has 0 spiro atoms. The minimum atomic E-state index is -0.435. The quantitative estimate of drug-likeness (QED) is 0.694. The van der Waals surface area contributed by atoms with E-state index in [9.17, 15) is 14.7 Å². The van der Waals surface area contributed by atoms with Crippen LogP contribution in [-0.2, 0) is 9.59 Å². The molecule has 0 radical (unpaired) electrons. The standard InChI is InChI=1S/C9H13NO3/c1-3-4-7-8(12)5-9(13)10(7)6(2)11/h5,7,12H,3-4H2,1-2H3. The Morgan fingerprint density at radius 1 is 1.69 bits per heavy atom. The molecule has 0 aromatic heterocycles. The molecular weight excluding hydrogens is 170 g/mol. The Labute approximate surface area is 76.8 Å². The van der Waals surface area contributed by atoms with Crippen LogP contribution in [-0.4, -0.2) is 27.9 Å². The highest BCUT2D eigenvalue weighted by atomic mass is 16.3. The Bertz CT molecular complexity index is 270. The minimum absolute atomic E-state index is 0.00190. The van der Waals surface area contributed by atoms with E-state index in [-0.39, 0.29) is 11.7 Å². The molecule has 0 fully saturated rings. The van der Waals surface area contributed by atoms with Gasteiger partial charge in [0, 0.05) is 13.0 Å². The molecular formula is C9H13NO3. The molecule has 1 rings (SSSR count). The van der Waals surface area contributed by atoms with E-state index >= 15 is 0 Å². The summed E-state index contributed by atoms with van der Waals surface area (Å²) in [6.07, 6.45) is 2.55. The summed E-state index contributed by atoms with van der Waals surface area (Å²) in [4.78, 5) is 23.3. The van der Waals surface area contributed by atoms with Crippen LogP contribution in [0.2, 0.25) is 0 Å². The molecule has 1 heterocycles. The Morgan fingerprint density at radius 2 is 2.31 bits per heavy atom. The smallest absolute Gasteiger partial charge is 0.257 e. The summed E-state index contributed by atoms with van der Waals surface area (Å²) >= 11 is 0. The number of aliphatic hydroxyl groups excluding tert-OH is 1. The van der Waals surface area contributed by atoms with Crippen molar-refractivity contribution in [3.05, 3.63) is 11.8 Å². The Morgan fingerprint density at radius 3 is 2.77 bits per heavy atom. The van der Waals surface area contributed by atoms with Gasteiger partial charge in [0.05, 0.1) is 6.04 Å². The van der Waals surface area contributed by atoms with Crippen LogP contribution in [0.25, 0.3) is 0 Å². The second-order valence-corrected chi connectivity index (χ2v) is 3.10. The minimum Gasteiger partial charge on any atom is -0.510 e. The first-order valence-electron chi connectivity index (χ1n) is 4.32. The molecule has 0 saturated heterocycles. The van der Waals surface area contributed by atoms with Crippen molar-refractivity contribution < 1.29 is 14.7 Å². The van der Waals surface area contributed by atoms with Crippen LogP contribution in [0.4, 0.5) is 0 Å². The number of aliphatic hydroxyl groups is 1. The maximum Gasteiger partial charge on any atom is 0.257 e. The van der Waals surface area contributed by atoms with E-state index in [1.54, 1.807) is 0 Å². The number of hydrogen-bond donors (Lipinski definition) is 1. The van der Waals surface area contributed by atoms with Gasteiger partial charge in [-0.05, 0) is 6.42 Å². The van der Waals surface area contributed by atoms with Crippen LogP contribution in [0.15, 0.2) is 11.8 Å². The lowest BCUT2D eigenvalue weighted by molar-refractivity contribution is -0.141. The van der Waals surface area contributed by atoms with Crippen molar-refractivity contribution in [2.45, 2.75) is 32.7 Å². The zero-order chi connectivity index (χ0) is 10.0. The second kappa shape index (κ2) is 3.60. The number of rotatable bonds is 2. The fourth-order valence-electron chi connectivity index (χ4n) is 1.50. The fraction of sp³-hybridized carbons (Fsp3) is 0.556. The van der Waals surface area contributed by atoms with E-state index in [1.165, 1.54) is 6.92 Å². The largest absolute Gasteiger partial charge is 0.510 e. The molecule has 13 heavy (non-hydrogen) atoms. The predicted octanol–water partition coefficient (Wildman–Crippen LogP) is 0.986. The number of hydrogen-bond acceptors (Lipinski definition) is 3. The fourth-order valence-corrected chi connectivity index (χ4v) is 1.50. The lowest BCUT2D eigenvalue weighted by atomic mass is 10.1. The van der Waals surface area contributed by atoms with Crippen LogP contribution in [0.5, 0.6) is 0 Å². The highest BCUT2D eigenvalue weighted by Crippen LogP contribution is 2.21. The molecule has 1 unspecified atom stereocenters. The average Bonchev–Trinajstić information content (AvgIpc) is 2.27. The summed E-state index contributed by atoms with van der Waals surface area (Å²) in [5.41, 5.74) is 0. The molecule has 1 aliphatic rings. The van der Waals surface area contributed by atoms with Gasteiger partial charge < -0.3 is 5.11 Å². The summed E-state index contributed by atoms with van der Waals surface area (Å²) in [7, 11) is 0. The van der Waals surface area contributed by atoms with Crippen molar-refractivity contribution in [1.82, 2.24) is 4.90 Å². The van der Waals surface area contributed by atoms with Gasteiger partial charge in [-0.2, -0.15) is 0 Å². The second-order valence-electron chi connectivity index (χ2n) is 3.10. The SMILES string of the molecule is CCCC1C(O)=CC(=O)N1C(C)=O. The van der Waals surface area contributed by atoms with E-state index in [2.05, 4.69) is 0 Å². The van der Waals surface area contributed by atoms with Gasteiger partial charge >= 0.3 is 0 Å². The molecule has 0 saturated carbocycles. The Kier molecular flexibility index (Phi) is 2.70. The third-order valence-electron chi connectivity index (χ3n) is 2.06. The lowest BCUT2D eigenvalue weighted by Crippen LogP contribution is -2.38. The first-order valence-corrected chi connectivity index (χ1v) is 4.32. The van der Waals surface area contributed by atoms with Crippen molar-refractivity contribution in [1.29, 1.82) is 0 Å². The molecule has 0 aromatic rings. The predicted molar refractivity (Wildman–Crippen MR) is 46.9 cm³/mol. The molecule has 1 N–H and O–H groups in total. The van der Waals surface area contributed by atoms with Crippen LogP contribution in [0.3, 0.4) is 0 Å². The molecule has 0 aromatic carbocycles. The summed E-state index contributed by atoms with van der Waals surface area (Å²) in [6.45, 7) is 3.27. The first kappa shape index (κ1) is 9.77. The molecule has 0 aliphatic carbocycles. The van der Waals surface area contributed by atoms with Crippen LogP contribution >= 0.6 is 0 Å². The summed E-state index contributed by atoms with van der Waals surface area (Å²) in [5, 5.41) is 9.36. The summed E-state index contributed by atoms with van der Waals surface area (Å²) in [6, 6.07) is -0.435. The maximum absolute atomic E-state index is 11.2. The molecule has 1 atom stereocenters. The molecule has 1 aliphatic heterocycles. The Balaban J connectivity index is 2.84. The van der Waals surface area contributed by atoms with Crippen LogP contribution < -0.4 is 0 Å². The summed E-state index contributed by atoms with van der Waals surface area (Å²) < 4.78 is 0. The molecule has 4 nitrogen and oxygen atoms in total. The lowest BCUT2D eigenvalue weighted by Gasteiger charge is -2.21.